The average molecular weight is 625 g/mol. The smallest absolute Gasteiger partial charge is 0.726 e. The monoisotopic (exact) mass is 625 g/mol. The molecule has 0 aromatic carbocycles. The fraction of sp³-hybridized carbons (Fsp3) is 1.00. The van der Waals surface area contributed by atoms with Gasteiger partial charge in [-0.05, 0) is 18.8 Å². The zero-order chi connectivity index (χ0) is 30.1. The molecule has 0 rings (SSSR count). The van der Waals surface area contributed by atoms with Crippen LogP contribution in [0.1, 0.15) is 219 Å². The van der Waals surface area contributed by atoms with E-state index in [1.54, 1.807) is 0 Å². The number of hydrogen-bond donors (Lipinski definition) is 0. The minimum Gasteiger partial charge on any atom is -0.726 e. The molecular formula is C36H73NaO4S. The molecule has 1 atom stereocenters. The Kier molecular flexibility index (Phi) is 38.9. The summed E-state index contributed by atoms with van der Waals surface area (Å²) in [4.78, 5) is 0. The third kappa shape index (κ3) is 38.9. The van der Waals surface area contributed by atoms with Crippen LogP contribution in [0.5, 0.6) is 0 Å². The van der Waals surface area contributed by atoms with Crippen LogP contribution < -0.4 is 29.6 Å². The number of unbranched alkanes of at least 4 members (excludes halogenated alkanes) is 28. The Balaban J connectivity index is 0. The Labute approximate surface area is 287 Å². The van der Waals surface area contributed by atoms with E-state index >= 15 is 0 Å². The van der Waals surface area contributed by atoms with Crippen LogP contribution in [0.4, 0.5) is 0 Å². The zero-order valence-corrected chi connectivity index (χ0v) is 31.8. The summed E-state index contributed by atoms with van der Waals surface area (Å²) < 4.78 is 37.5. The van der Waals surface area contributed by atoms with Crippen LogP contribution >= 0.6 is 0 Å². The van der Waals surface area contributed by atoms with Crippen molar-refractivity contribution >= 4 is 10.4 Å². The van der Waals surface area contributed by atoms with Gasteiger partial charge >= 0.3 is 29.6 Å². The van der Waals surface area contributed by atoms with Crippen LogP contribution in [0.25, 0.3) is 0 Å². The molecule has 0 aliphatic rings. The van der Waals surface area contributed by atoms with Crippen molar-refractivity contribution in [1.29, 1.82) is 0 Å². The molecule has 0 radical (unpaired) electrons. The molecule has 0 spiro atoms. The summed E-state index contributed by atoms with van der Waals surface area (Å²) in [6.07, 6.45) is 42.5. The van der Waals surface area contributed by atoms with Crippen molar-refractivity contribution in [2.45, 2.75) is 219 Å². The molecule has 0 N–H and O–H groups in total. The van der Waals surface area contributed by atoms with Crippen LogP contribution in [0, 0.1) is 5.92 Å². The maximum atomic E-state index is 11.0. The third-order valence-corrected chi connectivity index (χ3v) is 9.30. The second-order valence-electron chi connectivity index (χ2n) is 13.0. The molecule has 0 bridgehead atoms. The molecule has 0 heterocycles. The Hall–Kier alpha value is 0.870. The maximum absolute atomic E-state index is 11.0. The molecule has 0 amide bonds. The largest absolute Gasteiger partial charge is 1.00 e. The van der Waals surface area contributed by atoms with Gasteiger partial charge in [0.05, 0.1) is 6.61 Å². The second-order valence-corrected chi connectivity index (χ2v) is 14.1. The Morgan fingerprint density at radius 1 is 0.429 bits per heavy atom. The predicted molar refractivity (Wildman–Crippen MR) is 178 cm³/mol. The SMILES string of the molecule is CCCCCCCCCCCCCCCCCCCCCCC(CCCCCCCCCCCC)COS(=O)(=O)[O-].[Na+]. The quantitative estimate of drug-likeness (QED) is 0.0305. The van der Waals surface area contributed by atoms with Gasteiger partial charge in [-0.3, -0.25) is 4.18 Å². The van der Waals surface area contributed by atoms with Crippen LogP contribution in [0.3, 0.4) is 0 Å². The molecule has 1 unspecified atom stereocenters. The molecule has 42 heavy (non-hydrogen) atoms. The van der Waals surface area contributed by atoms with Gasteiger partial charge in [0.2, 0.25) is 10.4 Å². The first-order valence-electron chi connectivity index (χ1n) is 18.6. The molecule has 0 fully saturated rings. The Bertz CT molecular complexity index is 599. The first kappa shape index (κ1) is 45.0. The number of hydrogen-bond acceptors (Lipinski definition) is 4. The predicted octanol–water partition coefficient (Wildman–Crippen LogP) is 9.61. The topological polar surface area (TPSA) is 66.4 Å². The summed E-state index contributed by atoms with van der Waals surface area (Å²) in [5, 5.41) is 0. The van der Waals surface area contributed by atoms with Crippen molar-refractivity contribution in [1.82, 2.24) is 0 Å². The van der Waals surface area contributed by atoms with Crippen molar-refractivity contribution in [2.24, 2.45) is 5.92 Å². The molecule has 0 aromatic heterocycles. The first-order valence-corrected chi connectivity index (χ1v) is 19.9. The summed E-state index contributed by atoms with van der Waals surface area (Å²) in [6, 6.07) is 0. The molecular weight excluding hydrogens is 551 g/mol. The molecule has 6 heteroatoms. The first-order chi connectivity index (χ1) is 20.0. The van der Waals surface area contributed by atoms with Gasteiger partial charge in [-0.1, -0.05) is 206 Å². The van der Waals surface area contributed by atoms with Gasteiger partial charge < -0.3 is 4.55 Å². The van der Waals surface area contributed by atoms with E-state index in [-0.39, 0.29) is 42.1 Å². The summed E-state index contributed by atoms with van der Waals surface area (Å²) in [5.41, 5.74) is 0. The van der Waals surface area contributed by atoms with E-state index in [2.05, 4.69) is 18.0 Å². The molecule has 0 saturated heterocycles. The summed E-state index contributed by atoms with van der Waals surface area (Å²) >= 11 is 0. The molecule has 4 nitrogen and oxygen atoms in total. The fourth-order valence-corrected chi connectivity index (χ4v) is 6.46. The van der Waals surface area contributed by atoms with E-state index in [1.807, 2.05) is 0 Å². The van der Waals surface area contributed by atoms with Gasteiger partial charge in [0.1, 0.15) is 0 Å². The Morgan fingerprint density at radius 2 is 0.643 bits per heavy atom. The second kappa shape index (κ2) is 36.3. The molecule has 0 aromatic rings. The normalized spacial score (nSPS) is 12.5. The van der Waals surface area contributed by atoms with E-state index < -0.39 is 10.4 Å². The number of rotatable bonds is 35. The van der Waals surface area contributed by atoms with E-state index in [1.165, 1.54) is 180 Å². The van der Waals surface area contributed by atoms with E-state index in [0.29, 0.717) is 0 Å². The minimum absolute atomic E-state index is 0. The summed E-state index contributed by atoms with van der Waals surface area (Å²) in [6.45, 7) is 4.62. The Morgan fingerprint density at radius 3 is 0.857 bits per heavy atom. The van der Waals surface area contributed by atoms with Crippen molar-refractivity contribution < 1.29 is 46.7 Å². The van der Waals surface area contributed by atoms with E-state index in [4.69, 9.17) is 0 Å². The molecule has 248 valence electrons. The van der Waals surface area contributed by atoms with Crippen molar-refractivity contribution in [3.8, 4) is 0 Å². The van der Waals surface area contributed by atoms with Crippen LogP contribution in [0.2, 0.25) is 0 Å². The third-order valence-electron chi connectivity index (χ3n) is 8.88. The van der Waals surface area contributed by atoms with Gasteiger partial charge in [-0.2, -0.15) is 0 Å². The van der Waals surface area contributed by atoms with Crippen molar-refractivity contribution in [3.05, 3.63) is 0 Å². The summed E-state index contributed by atoms with van der Waals surface area (Å²) in [7, 11) is -4.59. The zero-order valence-electron chi connectivity index (χ0n) is 29.0. The summed E-state index contributed by atoms with van der Waals surface area (Å²) in [5.74, 6) is 0.198. The van der Waals surface area contributed by atoms with Crippen LogP contribution in [-0.2, 0) is 14.6 Å². The van der Waals surface area contributed by atoms with Gasteiger partial charge in [0, 0.05) is 0 Å². The van der Waals surface area contributed by atoms with Gasteiger partial charge in [-0.15, -0.1) is 0 Å². The van der Waals surface area contributed by atoms with E-state index in [0.717, 1.165) is 25.7 Å². The molecule has 0 aliphatic carbocycles. The van der Waals surface area contributed by atoms with Gasteiger partial charge in [0.25, 0.3) is 0 Å². The van der Waals surface area contributed by atoms with Gasteiger partial charge in [-0.25, -0.2) is 8.42 Å². The molecule has 0 aliphatic heterocycles. The molecule has 0 saturated carbocycles. The minimum atomic E-state index is -4.59. The van der Waals surface area contributed by atoms with Crippen molar-refractivity contribution in [3.63, 3.8) is 0 Å². The van der Waals surface area contributed by atoms with E-state index in [9.17, 15) is 13.0 Å². The fourth-order valence-electron chi connectivity index (χ4n) is 6.10. The van der Waals surface area contributed by atoms with Crippen molar-refractivity contribution in [2.75, 3.05) is 6.61 Å². The maximum Gasteiger partial charge on any atom is 1.00 e. The van der Waals surface area contributed by atoms with Crippen LogP contribution in [0.15, 0.2) is 0 Å². The average Bonchev–Trinajstić information content (AvgIpc) is 2.94. The van der Waals surface area contributed by atoms with Crippen LogP contribution in [-0.4, -0.2) is 19.6 Å². The van der Waals surface area contributed by atoms with Gasteiger partial charge in [0.15, 0.2) is 0 Å². The standard InChI is InChI=1S/C36H74O4S.Na/c1-3-5-7-9-11-13-15-16-17-18-19-20-21-22-23-24-26-28-30-32-34-36(35-40-41(37,38)39)33-31-29-27-25-14-12-10-8-6-4-2;/h36H,3-35H2,1-2H3,(H,37,38,39);/q;+1/p-1.